The number of aromatic nitrogens is 2. The summed E-state index contributed by atoms with van der Waals surface area (Å²) < 4.78 is 28.6. The second kappa shape index (κ2) is 10.4. The Morgan fingerprint density at radius 1 is 1.17 bits per heavy atom. The molecule has 4 heterocycles. The first kappa shape index (κ1) is 28.7. The fourth-order valence-electron chi connectivity index (χ4n) is 5.74. The first-order chi connectivity index (χ1) is 19.9. The van der Waals surface area contributed by atoms with Crippen molar-refractivity contribution in [3.05, 3.63) is 47.2 Å². The lowest BCUT2D eigenvalue weighted by molar-refractivity contribution is -0.125. The molecule has 1 saturated heterocycles. The fraction of sp³-hybridized carbons (Fsp3) is 0.448. The van der Waals surface area contributed by atoms with Gasteiger partial charge >= 0.3 is 0 Å². The van der Waals surface area contributed by atoms with Crippen molar-refractivity contribution in [2.75, 3.05) is 30.4 Å². The topological polar surface area (TPSA) is 137 Å². The van der Waals surface area contributed by atoms with Gasteiger partial charge in [-0.15, -0.1) is 0 Å². The Balaban J connectivity index is 1.32. The van der Waals surface area contributed by atoms with Gasteiger partial charge in [-0.25, -0.2) is 23.1 Å². The molecule has 2 aromatic heterocycles. The predicted octanol–water partition coefficient (Wildman–Crippen LogP) is 3.63. The molecule has 3 aromatic rings. The van der Waals surface area contributed by atoms with E-state index < -0.39 is 15.6 Å². The summed E-state index contributed by atoms with van der Waals surface area (Å²) in [6, 6.07) is 9.02. The number of anilines is 3. The third kappa shape index (κ3) is 5.08. The third-order valence-electron chi connectivity index (χ3n) is 8.34. The van der Waals surface area contributed by atoms with E-state index in [2.05, 4.69) is 20.3 Å². The van der Waals surface area contributed by atoms with Crippen LogP contribution >= 0.6 is 11.3 Å². The molecule has 42 heavy (non-hydrogen) atoms. The summed E-state index contributed by atoms with van der Waals surface area (Å²) in [4.78, 5) is 40.1. The molecule has 13 heteroatoms. The van der Waals surface area contributed by atoms with Crippen LogP contribution in [0.5, 0.6) is 0 Å². The lowest BCUT2D eigenvalue weighted by atomic mass is 10.0. The molecule has 1 saturated carbocycles. The number of nitrogens with zero attached hydrogens (tertiary/aromatic N) is 4. The molecule has 1 aromatic carbocycles. The molecular weight excluding hydrogens is 574 g/mol. The number of piperazine rings is 1. The molecule has 6 rings (SSSR count). The highest BCUT2D eigenvalue weighted by Crippen LogP contribution is 2.42. The maximum atomic E-state index is 13.5. The molecule has 1 aliphatic carbocycles. The minimum atomic E-state index is -3.90. The number of aryl methyl sites for hydroxylation is 1. The van der Waals surface area contributed by atoms with Crippen molar-refractivity contribution in [2.45, 2.75) is 63.6 Å². The Morgan fingerprint density at radius 2 is 1.93 bits per heavy atom. The van der Waals surface area contributed by atoms with E-state index in [1.807, 2.05) is 52.0 Å². The van der Waals surface area contributed by atoms with Gasteiger partial charge in [0, 0.05) is 25.7 Å². The molecule has 0 bridgehead atoms. The largest absolute Gasteiger partial charge is 0.331 e. The summed E-state index contributed by atoms with van der Waals surface area (Å²) in [5.74, 6) is 1.29. The fourth-order valence-corrected chi connectivity index (χ4v) is 7.69. The van der Waals surface area contributed by atoms with Gasteiger partial charge in [-0.1, -0.05) is 17.4 Å². The number of carbonyl (C=O) groups is 2. The Hall–Kier alpha value is -3.39. The zero-order chi connectivity index (χ0) is 30.0. The number of nitrogens with one attached hydrogen (secondary N) is 3. The van der Waals surface area contributed by atoms with Gasteiger partial charge < -0.3 is 15.5 Å². The number of hydrogen-bond acceptors (Lipinski definition) is 9. The van der Waals surface area contributed by atoms with Crippen molar-refractivity contribution < 1.29 is 18.0 Å². The van der Waals surface area contributed by atoms with Crippen LogP contribution in [-0.2, 0) is 21.4 Å². The third-order valence-corrected chi connectivity index (χ3v) is 10.9. The lowest BCUT2D eigenvalue weighted by Gasteiger charge is -2.37. The molecule has 222 valence electrons. The Morgan fingerprint density at radius 3 is 2.64 bits per heavy atom. The maximum Gasteiger partial charge on any atom is 0.256 e. The first-order valence-corrected chi connectivity index (χ1v) is 16.4. The van der Waals surface area contributed by atoms with E-state index >= 15 is 0 Å². The highest BCUT2D eigenvalue weighted by molar-refractivity contribution is 7.89. The number of thiazole rings is 1. The number of rotatable bonds is 8. The van der Waals surface area contributed by atoms with Crippen molar-refractivity contribution in [3.63, 3.8) is 0 Å². The Kier molecular flexibility index (Phi) is 7.11. The average molecular weight is 610 g/mol. The van der Waals surface area contributed by atoms with Gasteiger partial charge in [0.25, 0.3) is 5.91 Å². The minimum Gasteiger partial charge on any atom is -0.331 e. The molecule has 0 radical (unpaired) electrons. The van der Waals surface area contributed by atoms with Gasteiger partial charge in [0.15, 0.2) is 5.13 Å². The molecular formula is C29H35N7O4S2. The Labute approximate surface area is 249 Å². The number of carbonyl (C=O) groups excluding carboxylic acids is 2. The number of pyridine rings is 1. The van der Waals surface area contributed by atoms with Crippen LogP contribution in [0.4, 0.5) is 16.8 Å². The summed E-state index contributed by atoms with van der Waals surface area (Å²) in [5, 5.41) is 7.07. The number of sulfonamides is 1. The van der Waals surface area contributed by atoms with Crippen molar-refractivity contribution in [3.8, 4) is 10.4 Å². The standard InChI is InChI=1S/C29H35N7O4S2/c1-16-25(41-28(32-16)34-22-7-6-8-23(33-22)35-12-11-31-29(3,4)27(35)38)19-13-20-15-36(17(2)18-9-10-18)26(37)24(20)21(14-19)42(39,40)30-5/h6-8,13-14,17-18,30-31H,9-12,15H2,1-5H3,(H,32,33,34). The van der Waals surface area contributed by atoms with Gasteiger partial charge in [-0.2, -0.15) is 0 Å². The van der Waals surface area contributed by atoms with E-state index in [1.54, 1.807) is 15.9 Å². The number of benzene rings is 1. The van der Waals surface area contributed by atoms with Crippen molar-refractivity contribution in [1.29, 1.82) is 0 Å². The zero-order valence-corrected chi connectivity index (χ0v) is 25.9. The van der Waals surface area contributed by atoms with Crippen LogP contribution in [0, 0.1) is 12.8 Å². The van der Waals surface area contributed by atoms with Crippen molar-refractivity contribution in [2.24, 2.45) is 5.92 Å². The number of fused-ring (bicyclic) bond motifs is 1. The average Bonchev–Trinajstić information content (AvgIpc) is 3.67. The van der Waals surface area contributed by atoms with Crippen molar-refractivity contribution in [1.82, 2.24) is 24.9 Å². The minimum absolute atomic E-state index is 0.00622. The Bertz CT molecular complexity index is 1700. The zero-order valence-electron chi connectivity index (χ0n) is 24.3. The second-order valence-electron chi connectivity index (χ2n) is 11.7. The predicted molar refractivity (Wildman–Crippen MR) is 163 cm³/mol. The van der Waals surface area contributed by atoms with Gasteiger partial charge in [-0.05, 0) is 88.9 Å². The monoisotopic (exact) mass is 609 g/mol. The van der Waals surface area contributed by atoms with Gasteiger partial charge in [0.1, 0.15) is 11.6 Å². The lowest BCUT2D eigenvalue weighted by Crippen LogP contribution is -2.61. The van der Waals surface area contributed by atoms with Crippen LogP contribution in [0.1, 0.15) is 55.2 Å². The normalized spacial score (nSPS) is 19.3. The molecule has 0 spiro atoms. The summed E-state index contributed by atoms with van der Waals surface area (Å²) in [5.41, 5.74) is 1.71. The van der Waals surface area contributed by atoms with Crippen molar-refractivity contribution >= 4 is 49.9 Å². The molecule has 1 atom stereocenters. The quantitative estimate of drug-likeness (QED) is 0.352. The molecule has 3 N–H and O–H groups in total. The van der Waals surface area contributed by atoms with Gasteiger partial charge in [0.2, 0.25) is 15.9 Å². The van der Waals surface area contributed by atoms with Crippen LogP contribution in [-0.4, -0.2) is 66.8 Å². The van der Waals surface area contributed by atoms with Gasteiger partial charge in [0.05, 0.1) is 26.6 Å². The van der Waals surface area contributed by atoms with Crippen LogP contribution < -0.4 is 20.3 Å². The summed E-state index contributed by atoms with van der Waals surface area (Å²) in [7, 11) is -2.54. The molecule has 11 nitrogen and oxygen atoms in total. The SMILES string of the molecule is CNS(=O)(=O)c1cc(-c2sc(Nc3cccc(N4CCNC(C)(C)C4=O)n3)nc2C)cc2c1C(=O)N(C(C)C1CC1)C2. The van der Waals surface area contributed by atoms with Crippen LogP contribution in [0.2, 0.25) is 0 Å². The molecule has 2 aliphatic heterocycles. The highest BCUT2D eigenvalue weighted by Gasteiger charge is 2.41. The molecule has 2 amide bonds. The summed E-state index contributed by atoms with van der Waals surface area (Å²) >= 11 is 1.38. The van der Waals surface area contributed by atoms with Gasteiger partial charge in [-0.3, -0.25) is 14.5 Å². The highest BCUT2D eigenvalue weighted by atomic mass is 32.2. The van der Waals surface area contributed by atoms with E-state index in [-0.39, 0.29) is 28.3 Å². The van der Waals surface area contributed by atoms with Crippen LogP contribution in [0.15, 0.2) is 35.2 Å². The van der Waals surface area contributed by atoms with E-state index in [0.29, 0.717) is 53.4 Å². The van der Waals surface area contributed by atoms with E-state index in [0.717, 1.165) is 23.4 Å². The van der Waals surface area contributed by atoms with E-state index in [9.17, 15) is 18.0 Å². The smallest absolute Gasteiger partial charge is 0.256 e. The first-order valence-electron chi connectivity index (χ1n) is 14.1. The van der Waals surface area contributed by atoms with Crippen LogP contribution in [0.25, 0.3) is 10.4 Å². The van der Waals surface area contributed by atoms with E-state index in [1.165, 1.54) is 18.4 Å². The van der Waals surface area contributed by atoms with E-state index in [4.69, 9.17) is 4.98 Å². The summed E-state index contributed by atoms with van der Waals surface area (Å²) in [6.07, 6.45) is 2.18. The number of hydrogen-bond donors (Lipinski definition) is 3. The summed E-state index contributed by atoms with van der Waals surface area (Å²) in [6.45, 7) is 9.20. The number of amides is 2. The van der Waals surface area contributed by atoms with Crippen LogP contribution in [0.3, 0.4) is 0 Å². The second-order valence-corrected chi connectivity index (χ2v) is 14.5. The maximum absolute atomic E-state index is 13.5. The molecule has 1 unspecified atom stereocenters. The molecule has 2 fully saturated rings. The molecule has 3 aliphatic rings.